The normalized spacial score (nSPS) is 14.2. The van der Waals surface area contributed by atoms with Crippen molar-refractivity contribution in [1.82, 2.24) is 4.57 Å². The van der Waals surface area contributed by atoms with E-state index in [1.54, 1.807) is 0 Å². The van der Waals surface area contributed by atoms with Crippen molar-refractivity contribution in [3.05, 3.63) is 36.0 Å². The molecule has 2 aromatic rings. The Morgan fingerprint density at radius 3 is 2.50 bits per heavy atom. The molecule has 0 saturated carbocycles. The van der Waals surface area contributed by atoms with Gasteiger partial charge in [0.1, 0.15) is 0 Å². The van der Waals surface area contributed by atoms with Gasteiger partial charge in [-0.3, -0.25) is 0 Å². The average molecular weight is 273 g/mol. The number of nitrogens with zero attached hydrogens (tertiary/aromatic N) is 1. The van der Waals surface area contributed by atoms with Gasteiger partial charge in [0.25, 0.3) is 0 Å². The molecule has 0 aliphatic rings. The van der Waals surface area contributed by atoms with Crippen LogP contribution in [-0.4, -0.2) is 15.8 Å². The van der Waals surface area contributed by atoms with Crippen LogP contribution in [0.15, 0.2) is 30.5 Å². The molecule has 0 spiro atoms. The smallest absolute Gasteiger partial charge is 0.0632 e. The van der Waals surface area contributed by atoms with Crippen LogP contribution in [0.4, 0.5) is 0 Å². The molecular formula is C18H27NO. The van der Waals surface area contributed by atoms with Gasteiger partial charge in [-0.05, 0) is 29.4 Å². The first-order valence-electron chi connectivity index (χ1n) is 7.52. The van der Waals surface area contributed by atoms with Crippen LogP contribution in [0.3, 0.4) is 0 Å². The lowest BCUT2D eigenvalue weighted by Gasteiger charge is -2.32. The summed E-state index contributed by atoms with van der Waals surface area (Å²) < 4.78 is 2.15. The van der Waals surface area contributed by atoms with Gasteiger partial charge < -0.3 is 9.67 Å². The zero-order valence-electron chi connectivity index (χ0n) is 13.4. The average Bonchev–Trinajstić information content (AvgIpc) is 2.65. The molecule has 1 aromatic carbocycles. The van der Waals surface area contributed by atoms with Crippen molar-refractivity contribution in [2.45, 2.75) is 46.6 Å². The topological polar surface area (TPSA) is 25.2 Å². The Kier molecular flexibility index (Phi) is 4.24. The van der Waals surface area contributed by atoms with Crippen molar-refractivity contribution < 1.29 is 5.11 Å². The highest BCUT2D eigenvalue weighted by atomic mass is 16.3. The van der Waals surface area contributed by atoms with Crippen LogP contribution in [-0.2, 0) is 13.5 Å². The second-order valence-electron chi connectivity index (χ2n) is 7.09. The van der Waals surface area contributed by atoms with Crippen molar-refractivity contribution in [2.24, 2.45) is 18.4 Å². The van der Waals surface area contributed by atoms with Crippen molar-refractivity contribution in [1.29, 1.82) is 0 Å². The summed E-state index contributed by atoms with van der Waals surface area (Å²) in [6, 6.07) is 8.40. The molecule has 1 unspecified atom stereocenters. The molecule has 2 rings (SSSR count). The van der Waals surface area contributed by atoms with Crippen LogP contribution in [0.1, 0.15) is 39.7 Å². The van der Waals surface area contributed by atoms with Gasteiger partial charge >= 0.3 is 0 Å². The first-order chi connectivity index (χ1) is 9.31. The largest absolute Gasteiger partial charge is 0.392 e. The van der Waals surface area contributed by atoms with Crippen LogP contribution in [0.5, 0.6) is 0 Å². The molecule has 1 aromatic heterocycles. The lowest BCUT2D eigenvalue weighted by atomic mass is 9.77. The van der Waals surface area contributed by atoms with Crippen LogP contribution in [0, 0.1) is 11.3 Å². The van der Waals surface area contributed by atoms with Gasteiger partial charge in [-0.1, -0.05) is 45.9 Å². The zero-order valence-corrected chi connectivity index (χ0v) is 13.4. The number of aliphatic hydroxyl groups is 1. The van der Waals surface area contributed by atoms with E-state index in [9.17, 15) is 5.11 Å². The molecule has 1 N–H and O–H groups in total. The first-order valence-corrected chi connectivity index (χ1v) is 7.52. The summed E-state index contributed by atoms with van der Waals surface area (Å²) in [6.07, 6.45) is 3.61. The van der Waals surface area contributed by atoms with Crippen LogP contribution in [0.2, 0.25) is 0 Å². The predicted octanol–water partition coefficient (Wildman–Crippen LogP) is 4.15. The van der Waals surface area contributed by atoms with Crippen LogP contribution in [0.25, 0.3) is 10.9 Å². The van der Waals surface area contributed by atoms with E-state index >= 15 is 0 Å². The molecule has 0 aliphatic heterocycles. The van der Waals surface area contributed by atoms with Crippen LogP contribution < -0.4 is 0 Å². The third kappa shape index (κ3) is 3.06. The number of para-hydroxylation sites is 1. The monoisotopic (exact) mass is 273 g/mol. The van der Waals surface area contributed by atoms with E-state index in [1.165, 1.54) is 16.5 Å². The molecule has 1 heterocycles. The second kappa shape index (κ2) is 5.61. The molecule has 0 saturated heterocycles. The number of hydrogen-bond donors (Lipinski definition) is 1. The molecule has 2 heteroatoms. The van der Waals surface area contributed by atoms with E-state index in [0.29, 0.717) is 5.92 Å². The fourth-order valence-electron chi connectivity index (χ4n) is 3.26. The van der Waals surface area contributed by atoms with Crippen molar-refractivity contribution in [3.63, 3.8) is 0 Å². The van der Waals surface area contributed by atoms with E-state index < -0.39 is 0 Å². The number of aromatic nitrogens is 1. The van der Waals surface area contributed by atoms with Gasteiger partial charge in [-0.2, -0.15) is 0 Å². The number of aryl methyl sites for hydroxylation is 1. The first kappa shape index (κ1) is 15.1. The lowest BCUT2D eigenvalue weighted by Crippen LogP contribution is -2.32. The Balaban J connectivity index is 2.24. The van der Waals surface area contributed by atoms with E-state index in [1.807, 2.05) is 0 Å². The summed E-state index contributed by atoms with van der Waals surface area (Å²) in [5.41, 5.74) is 2.43. The molecule has 0 radical (unpaired) electrons. The predicted molar refractivity (Wildman–Crippen MR) is 85.9 cm³/mol. The van der Waals surface area contributed by atoms with Crippen molar-refractivity contribution >= 4 is 10.9 Å². The summed E-state index contributed by atoms with van der Waals surface area (Å²) in [5.74, 6) is 0.604. The van der Waals surface area contributed by atoms with E-state index in [4.69, 9.17) is 0 Å². The number of fused-ring (bicyclic) bond motifs is 1. The second-order valence-corrected chi connectivity index (χ2v) is 7.09. The fourth-order valence-corrected chi connectivity index (χ4v) is 3.26. The maximum atomic E-state index is 10.6. The third-order valence-corrected chi connectivity index (χ3v) is 4.23. The Hall–Kier alpha value is -1.28. The highest BCUT2D eigenvalue weighted by molar-refractivity contribution is 5.83. The number of rotatable bonds is 5. The maximum Gasteiger partial charge on any atom is 0.0632 e. The molecule has 20 heavy (non-hydrogen) atoms. The quantitative estimate of drug-likeness (QED) is 0.869. The summed E-state index contributed by atoms with van der Waals surface area (Å²) in [7, 11) is 2.07. The summed E-state index contributed by atoms with van der Waals surface area (Å²) in [6.45, 7) is 8.77. The van der Waals surface area contributed by atoms with E-state index in [-0.39, 0.29) is 11.5 Å². The molecule has 0 aliphatic carbocycles. The lowest BCUT2D eigenvalue weighted by molar-refractivity contribution is 0.0360. The van der Waals surface area contributed by atoms with Gasteiger partial charge in [-0.25, -0.2) is 0 Å². The van der Waals surface area contributed by atoms with Gasteiger partial charge in [0.2, 0.25) is 0 Å². The van der Waals surface area contributed by atoms with E-state index in [0.717, 1.165) is 12.8 Å². The SMILES string of the molecule is CC(C)CC(C)(C)C(O)Cc1cn(C)c2ccccc12. The van der Waals surface area contributed by atoms with Crippen molar-refractivity contribution in [2.75, 3.05) is 0 Å². The molecular weight excluding hydrogens is 246 g/mol. The minimum atomic E-state index is -0.310. The molecule has 0 amide bonds. The summed E-state index contributed by atoms with van der Waals surface area (Å²) >= 11 is 0. The third-order valence-electron chi connectivity index (χ3n) is 4.23. The molecule has 0 bridgehead atoms. The molecule has 1 atom stereocenters. The number of hydrogen-bond acceptors (Lipinski definition) is 1. The Morgan fingerprint density at radius 2 is 1.85 bits per heavy atom. The maximum absolute atomic E-state index is 10.6. The van der Waals surface area contributed by atoms with Crippen molar-refractivity contribution in [3.8, 4) is 0 Å². The zero-order chi connectivity index (χ0) is 14.9. The molecule has 0 fully saturated rings. The van der Waals surface area contributed by atoms with Gasteiger partial charge in [0.05, 0.1) is 6.10 Å². The minimum absolute atomic E-state index is 0.0505. The Labute approximate surface area is 122 Å². The van der Waals surface area contributed by atoms with Gasteiger partial charge in [0.15, 0.2) is 0 Å². The summed E-state index contributed by atoms with van der Waals surface area (Å²) in [4.78, 5) is 0. The Bertz CT molecular complexity index is 580. The van der Waals surface area contributed by atoms with Gasteiger partial charge in [-0.15, -0.1) is 0 Å². The standard InChI is InChI=1S/C18H27NO/c1-13(2)11-18(3,4)17(20)10-14-12-19(5)16-9-7-6-8-15(14)16/h6-9,12-13,17,20H,10-11H2,1-5H3. The van der Waals surface area contributed by atoms with E-state index in [2.05, 4.69) is 69.8 Å². The molecule has 2 nitrogen and oxygen atoms in total. The Morgan fingerprint density at radius 1 is 1.20 bits per heavy atom. The highest BCUT2D eigenvalue weighted by Crippen LogP contribution is 2.32. The minimum Gasteiger partial charge on any atom is -0.392 e. The number of aliphatic hydroxyl groups excluding tert-OH is 1. The summed E-state index contributed by atoms with van der Waals surface area (Å²) in [5, 5.41) is 11.9. The van der Waals surface area contributed by atoms with Crippen LogP contribution >= 0.6 is 0 Å². The van der Waals surface area contributed by atoms with Gasteiger partial charge in [0, 0.05) is 30.6 Å². The fraction of sp³-hybridized carbons (Fsp3) is 0.556. The number of benzene rings is 1. The highest BCUT2D eigenvalue weighted by Gasteiger charge is 2.29. The molecule has 110 valence electrons.